The van der Waals surface area contributed by atoms with Crippen molar-refractivity contribution in [1.29, 1.82) is 5.26 Å². The van der Waals surface area contributed by atoms with E-state index in [0.717, 1.165) is 24.3 Å². The third-order valence-electron chi connectivity index (χ3n) is 3.43. The van der Waals surface area contributed by atoms with Gasteiger partial charge in [0, 0.05) is 6.07 Å². The van der Waals surface area contributed by atoms with Crippen molar-refractivity contribution < 1.29 is 22.5 Å². The number of methoxy groups -OCH3 is 1. The zero-order chi connectivity index (χ0) is 19.3. The van der Waals surface area contributed by atoms with Gasteiger partial charge in [-0.3, -0.25) is 10.1 Å². The molecule has 2 aromatic carbocycles. The predicted octanol–water partition coefficient (Wildman–Crippen LogP) is 3.22. The number of benzene rings is 2. The van der Waals surface area contributed by atoms with Gasteiger partial charge in [-0.1, -0.05) is 18.2 Å². The van der Waals surface area contributed by atoms with E-state index in [1.54, 1.807) is 30.3 Å². The Hall–Kier alpha value is -3.25. The second-order valence-electron chi connectivity index (χ2n) is 5.20. The van der Waals surface area contributed by atoms with Gasteiger partial charge in [0.2, 0.25) is 5.82 Å². The van der Waals surface area contributed by atoms with Gasteiger partial charge in [-0.05, 0) is 35.4 Å². The van der Waals surface area contributed by atoms with Gasteiger partial charge in [0.05, 0.1) is 17.8 Å². The summed E-state index contributed by atoms with van der Waals surface area (Å²) in [4.78, 5) is 9.27. The summed E-state index contributed by atoms with van der Waals surface area (Å²) in [6, 6.07) is 10.7. The first-order valence-electron chi connectivity index (χ1n) is 7.18. The normalized spacial score (nSPS) is 11.7. The van der Waals surface area contributed by atoms with Gasteiger partial charge < -0.3 is 4.74 Å². The predicted molar refractivity (Wildman–Crippen MR) is 92.3 cm³/mol. The standard InChI is InChI=1S/C17H13FN2O5S/c1-25-14-5-2-12(3-6-14)11-26(23,24)15(10-19)8-13-4-7-16(18)17(9-13)20(21)22/h2-9H,11H2,1H3. The molecule has 2 rings (SSSR count). The summed E-state index contributed by atoms with van der Waals surface area (Å²) in [5.41, 5.74) is -0.325. The molecule has 7 nitrogen and oxygen atoms in total. The summed E-state index contributed by atoms with van der Waals surface area (Å²) in [5.74, 6) is -0.924. The lowest BCUT2D eigenvalue weighted by Crippen LogP contribution is -2.06. The summed E-state index contributed by atoms with van der Waals surface area (Å²) in [6.07, 6.45) is 0.977. The van der Waals surface area contributed by atoms with E-state index >= 15 is 0 Å². The highest BCUT2D eigenvalue weighted by Crippen LogP contribution is 2.23. The molecule has 2 aromatic rings. The van der Waals surface area contributed by atoms with Crippen LogP contribution in [0.2, 0.25) is 0 Å². The maximum absolute atomic E-state index is 13.4. The zero-order valence-electron chi connectivity index (χ0n) is 13.5. The molecule has 0 aliphatic heterocycles. The van der Waals surface area contributed by atoms with Crippen LogP contribution in [0.4, 0.5) is 10.1 Å². The second kappa shape index (κ2) is 7.76. The molecule has 0 heterocycles. The van der Waals surface area contributed by atoms with E-state index in [4.69, 9.17) is 4.74 Å². The molecule has 26 heavy (non-hydrogen) atoms. The van der Waals surface area contributed by atoms with Crippen molar-refractivity contribution in [1.82, 2.24) is 0 Å². The molecule has 134 valence electrons. The van der Waals surface area contributed by atoms with Crippen molar-refractivity contribution in [2.24, 2.45) is 0 Å². The van der Waals surface area contributed by atoms with Crippen molar-refractivity contribution in [3.05, 3.63) is 74.4 Å². The van der Waals surface area contributed by atoms with Gasteiger partial charge in [-0.25, -0.2) is 8.42 Å². The lowest BCUT2D eigenvalue weighted by molar-refractivity contribution is -0.387. The highest BCUT2D eigenvalue weighted by Gasteiger charge is 2.20. The smallest absolute Gasteiger partial charge is 0.305 e. The molecule has 0 radical (unpaired) electrons. The van der Waals surface area contributed by atoms with E-state index in [1.807, 2.05) is 0 Å². The summed E-state index contributed by atoms with van der Waals surface area (Å²) in [5, 5.41) is 20.0. The molecule has 0 amide bonds. The fourth-order valence-corrected chi connectivity index (χ4v) is 3.36. The van der Waals surface area contributed by atoms with Crippen LogP contribution >= 0.6 is 0 Å². The van der Waals surface area contributed by atoms with Crippen molar-refractivity contribution in [2.75, 3.05) is 7.11 Å². The Morgan fingerprint density at radius 2 is 1.96 bits per heavy atom. The Balaban J connectivity index is 2.36. The Bertz CT molecular complexity index is 1010. The van der Waals surface area contributed by atoms with Crippen molar-refractivity contribution in [3.8, 4) is 11.8 Å². The van der Waals surface area contributed by atoms with Crippen LogP contribution < -0.4 is 4.74 Å². The van der Waals surface area contributed by atoms with Crippen LogP contribution in [0, 0.1) is 27.3 Å². The summed E-state index contributed by atoms with van der Waals surface area (Å²) in [7, 11) is -2.51. The number of halogens is 1. The molecule has 0 saturated carbocycles. The third-order valence-corrected chi connectivity index (χ3v) is 5.02. The average Bonchev–Trinajstić information content (AvgIpc) is 2.60. The molecule has 0 aliphatic rings. The molecule has 0 saturated heterocycles. The van der Waals surface area contributed by atoms with Gasteiger partial charge in [0.25, 0.3) is 0 Å². The van der Waals surface area contributed by atoms with Gasteiger partial charge in [0.1, 0.15) is 16.7 Å². The highest BCUT2D eigenvalue weighted by molar-refractivity contribution is 7.95. The van der Waals surface area contributed by atoms with E-state index in [0.29, 0.717) is 11.3 Å². The first-order chi connectivity index (χ1) is 12.3. The van der Waals surface area contributed by atoms with Crippen LogP contribution in [0.1, 0.15) is 11.1 Å². The van der Waals surface area contributed by atoms with Gasteiger partial charge in [-0.15, -0.1) is 0 Å². The van der Waals surface area contributed by atoms with E-state index < -0.39 is 36.9 Å². The minimum atomic E-state index is -3.99. The Labute approximate surface area is 149 Å². The van der Waals surface area contributed by atoms with E-state index in [9.17, 15) is 28.2 Å². The number of hydrogen-bond donors (Lipinski definition) is 0. The number of nitro groups is 1. The largest absolute Gasteiger partial charge is 0.497 e. The number of nitriles is 1. The van der Waals surface area contributed by atoms with Crippen LogP contribution in [0.15, 0.2) is 47.4 Å². The quantitative estimate of drug-likeness (QED) is 0.435. The highest BCUT2D eigenvalue weighted by atomic mass is 32.2. The number of nitro benzene ring substituents is 1. The topological polar surface area (TPSA) is 110 Å². The Kier molecular flexibility index (Phi) is 5.69. The molecule has 0 aromatic heterocycles. The molecule has 0 aliphatic carbocycles. The second-order valence-corrected chi connectivity index (χ2v) is 7.15. The minimum absolute atomic E-state index is 0.0351. The minimum Gasteiger partial charge on any atom is -0.497 e. The van der Waals surface area contributed by atoms with Crippen LogP contribution in [0.25, 0.3) is 6.08 Å². The first-order valence-corrected chi connectivity index (χ1v) is 8.83. The first kappa shape index (κ1) is 19.1. The summed E-state index contributed by atoms with van der Waals surface area (Å²) < 4.78 is 43.2. The summed E-state index contributed by atoms with van der Waals surface area (Å²) >= 11 is 0. The monoisotopic (exact) mass is 376 g/mol. The number of rotatable bonds is 6. The Morgan fingerprint density at radius 1 is 1.31 bits per heavy atom. The van der Waals surface area contributed by atoms with Gasteiger partial charge in [0.15, 0.2) is 9.84 Å². The average molecular weight is 376 g/mol. The van der Waals surface area contributed by atoms with Crippen molar-refractivity contribution in [3.63, 3.8) is 0 Å². The molecule has 0 fully saturated rings. The van der Waals surface area contributed by atoms with Gasteiger partial charge >= 0.3 is 5.69 Å². The molecule has 0 atom stereocenters. The molecule has 0 N–H and O–H groups in total. The third kappa shape index (κ3) is 4.43. The molecule has 0 unspecified atom stereocenters. The van der Waals surface area contributed by atoms with E-state index in [2.05, 4.69) is 0 Å². The Morgan fingerprint density at radius 3 is 2.50 bits per heavy atom. The number of allylic oxidation sites excluding steroid dienone is 1. The fourth-order valence-electron chi connectivity index (χ4n) is 2.12. The van der Waals surface area contributed by atoms with Crippen molar-refractivity contribution in [2.45, 2.75) is 5.75 Å². The van der Waals surface area contributed by atoms with Crippen LogP contribution in [-0.2, 0) is 15.6 Å². The molecule has 0 spiro atoms. The van der Waals surface area contributed by atoms with E-state index in [1.165, 1.54) is 7.11 Å². The van der Waals surface area contributed by atoms with Crippen LogP contribution in [0.3, 0.4) is 0 Å². The fraction of sp³-hybridized carbons (Fsp3) is 0.118. The lowest BCUT2D eigenvalue weighted by atomic mass is 10.2. The maximum Gasteiger partial charge on any atom is 0.305 e. The maximum atomic E-state index is 13.4. The summed E-state index contributed by atoms with van der Waals surface area (Å²) in [6.45, 7) is 0. The number of nitrogens with zero attached hydrogens (tertiary/aromatic N) is 2. The van der Waals surface area contributed by atoms with Crippen LogP contribution in [-0.4, -0.2) is 20.5 Å². The molecular weight excluding hydrogens is 363 g/mol. The number of hydrogen-bond acceptors (Lipinski definition) is 6. The molecule has 9 heteroatoms. The van der Waals surface area contributed by atoms with Gasteiger partial charge in [-0.2, -0.15) is 9.65 Å². The van der Waals surface area contributed by atoms with E-state index in [-0.39, 0.29) is 5.56 Å². The van der Waals surface area contributed by atoms with Crippen LogP contribution in [0.5, 0.6) is 5.75 Å². The zero-order valence-corrected chi connectivity index (χ0v) is 14.4. The SMILES string of the molecule is COc1ccc(CS(=O)(=O)C(C#N)=Cc2ccc(F)c([N+](=O)[O-])c2)cc1. The lowest BCUT2D eigenvalue weighted by Gasteiger charge is -2.05. The van der Waals surface area contributed by atoms with Crippen molar-refractivity contribution >= 4 is 21.6 Å². The number of ether oxygens (including phenoxy) is 1. The molecular formula is C17H13FN2O5S. The number of sulfone groups is 1. The molecule has 0 bridgehead atoms.